The van der Waals surface area contributed by atoms with E-state index in [1.807, 2.05) is 0 Å². The summed E-state index contributed by atoms with van der Waals surface area (Å²) in [5.41, 5.74) is 1.72. The number of fused-ring (bicyclic) bond motifs is 4. The SMILES string of the molecule is CC1(C)C[C@]2(CCO1)Oc1ccccc1[C@H]1CC(c3ccc(Br)s3)=NN12. The van der Waals surface area contributed by atoms with Crippen LogP contribution in [0.25, 0.3) is 0 Å². The summed E-state index contributed by atoms with van der Waals surface area (Å²) in [7, 11) is 0. The van der Waals surface area contributed by atoms with Gasteiger partial charge >= 0.3 is 0 Å². The van der Waals surface area contributed by atoms with Gasteiger partial charge in [-0.3, -0.25) is 0 Å². The quantitative estimate of drug-likeness (QED) is 0.609. The highest BCUT2D eigenvalue weighted by Gasteiger charge is 2.54. The first-order valence-corrected chi connectivity index (χ1v) is 10.6. The van der Waals surface area contributed by atoms with E-state index >= 15 is 0 Å². The van der Waals surface area contributed by atoms with Crippen molar-refractivity contribution in [3.05, 3.63) is 50.6 Å². The molecule has 1 spiro atoms. The lowest BCUT2D eigenvalue weighted by Crippen LogP contribution is -2.60. The average Bonchev–Trinajstić information content (AvgIpc) is 3.21. The van der Waals surface area contributed by atoms with Crippen LogP contribution in [0.3, 0.4) is 0 Å². The minimum absolute atomic E-state index is 0.223. The molecule has 0 N–H and O–H groups in total. The molecule has 1 aromatic heterocycles. The van der Waals surface area contributed by atoms with Crippen molar-refractivity contribution in [1.29, 1.82) is 0 Å². The van der Waals surface area contributed by atoms with Crippen molar-refractivity contribution in [2.45, 2.75) is 50.5 Å². The molecule has 0 amide bonds. The number of thiophene rings is 1. The van der Waals surface area contributed by atoms with Crippen molar-refractivity contribution < 1.29 is 9.47 Å². The van der Waals surface area contributed by atoms with E-state index in [9.17, 15) is 0 Å². The number of para-hydroxylation sites is 1. The van der Waals surface area contributed by atoms with Gasteiger partial charge in [-0.25, -0.2) is 5.01 Å². The zero-order valence-electron chi connectivity index (χ0n) is 14.9. The Hall–Kier alpha value is -1.37. The number of halogens is 1. The van der Waals surface area contributed by atoms with Gasteiger partial charge in [0.25, 0.3) is 0 Å². The second-order valence-electron chi connectivity index (χ2n) is 7.84. The molecular weight excluding hydrogens is 412 g/mol. The highest BCUT2D eigenvalue weighted by molar-refractivity contribution is 9.11. The summed E-state index contributed by atoms with van der Waals surface area (Å²) in [5, 5.41) is 7.33. The Morgan fingerprint density at radius 3 is 2.85 bits per heavy atom. The molecule has 4 heterocycles. The fourth-order valence-corrected chi connectivity index (χ4v) is 5.80. The number of benzene rings is 1. The Morgan fingerprint density at radius 2 is 2.08 bits per heavy atom. The molecule has 1 aromatic carbocycles. The third-order valence-corrected chi connectivity index (χ3v) is 7.12. The van der Waals surface area contributed by atoms with E-state index < -0.39 is 5.72 Å². The summed E-state index contributed by atoms with van der Waals surface area (Å²) < 4.78 is 13.8. The van der Waals surface area contributed by atoms with Crippen LogP contribution in [0.2, 0.25) is 0 Å². The number of hydrogen-bond donors (Lipinski definition) is 0. The van der Waals surface area contributed by atoms with Gasteiger partial charge in [-0.1, -0.05) is 18.2 Å². The molecule has 136 valence electrons. The van der Waals surface area contributed by atoms with Crippen LogP contribution < -0.4 is 4.74 Å². The van der Waals surface area contributed by atoms with Crippen molar-refractivity contribution in [3.8, 4) is 5.75 Å². The van der Waals surface area contributed by atoms with Crippen LogP contribution in [0.15, 0.2) is 45.3 Å². The van der Waals surface area contributed by atoms with E-state index in [2.05, 4.69) is 71.2 Å². The van der Waals surface area contributed by atoms with Crippen LogP contribution in [0.4, 0.5) is 0 Å². The molecule has 0 radical (unpaired) electrons. The van der Waals surface area contributed by atoms with E-state index in [1.165, 1.54) is 10.4 Å². The van der Waals surface area contributed by atoms with E-state index in [1.54, 1.807) is 11.3 Å². The molecule has 2 aromatic rings. The van der Waals surface area contributed by atoms with Gasteiger partial charge in [0.1, 0.15) is 5.75 Å². The van der Waals surface area contributed by atoms with Gasteiger partial charge in [-0.15, -0.1) is 11.3 Å². The summed E-state index contributed by atoms with van der Waals surface area (Å²) in [4.78, 5) is 1.23. The van der Waals surface area contributed by atoms with Crippen molar-refractivity contribution in [1.82, 2.24) is 5.01 Å². The highest BCUT2D eigenvalue weighted by Crippen LogP contribution is 2.52. The monoisotopic (exact) mass is 432 g/mol. The zero-order chi connectivity index (χ0) is 17.9. The third kappa shape index (κ3) is 2.62. The molecule has 4 nitrogen and oxygen atoms in total. The van der Waals surface area contributed by atoms with E-state index in [0.29, 0.717) is 6.61 Å². The summed E-state index contributed by atoms with van der Waals surface area (Å²) in [6.07, 6.45) is 2.54. The van der Waals surface area contributed by atoms with Crippen molar-refractivity contribution >= 4 is 33.0 Å². The topological polar surface area (TPSA) is 34.1 Å². The second kappa shape index (κ2) is 5.81. The normalized spacial score (nSPS) is 29.1. The molecule has 2 atom stereocenters. The summed E-state index contributed by atoms with van der Waals surface area (Å²) in [6.45, 7) is 4.97. The molecule has 0 saturated carbocycles. The number of hydrogen-bond acceptors (Lipinski definition) is 5. The Kier molecular flexibility index (Phi) is 3.75. The summed E-state index contributed by atoms with van der Waals surface area (Å²) in [6, 6.07) is 12.9. The molecule has 0 bridgehead atoms. The molecule has 3 aliphatic heterocycles. The molecule has 1 fully saturated rings. The fraction of sp³-hybridized carbons (Fsp3) is 0.450. The van der Waals surface area contributed by atoms with Crippen LogP contribution in [-0.2, 0) is 4.74 Å². The lowest BCUT2D eigenvalue weighted by Gasteiger charge is -2.52. The van der Waals surface area contributed by atoms with Gasteiger partial charge in [0.2, 0.25) is 5.72 Å². The average molecular weight is 433 g/mol. The number of nitrogens with zero attached hydrogens (tertiary/aromatic N) is 2. The molecule has 0 unspecified atom stereocenters. The molecule has 26 heavy (non-hydrogen) atoms. The van der Waals surface area contributed by atoms with Crippen molar-refractivity contribution in [2.75, 3.05) is 6.61 Å². The Balaban J connectivity index is 1.61. The molecule has 1 saturated heterocycles. The lowest BCUT2D eigenvalue weighted by molar-refractivity contribution is -0.212. The second-order valence-corrected chi connectivity index (χ2v) is 10.3. The Labute approximate surface area is 165 Å². The third-order valence-electron chi connectivity index (χ3n) is 5.45. The van der Waals surface area contributed by atoms with Crippen LogP contribution in [0.5, 0.6) is 5.75 Å². The first-order valence-electron chi connectivity index (χ1n) is 9.00. The molecule has 6 heteroatoms. The standard InChI is InChI=1S/C20H21BrN2O2S/c1-19(2)12-20(9-10-24-19)23-15(13-5-3-4-6-16(13)25-20)11-14(22-23)17-7-8-18(21)26-17/h3-8,15H,9-12H2,1-2H3/t15-,20+/m1/s1. The Morgan fingerprint density at radius 1 is 1.23 bits per heavy atom. The number of hydrazone groups is 1. The minimum atomic E-state index is -0.434. The van der Waals surface area contributed by atoms with E-state index in [4.69, 9.17) is 14.6 Å². The van der Waals surface area contributed by atoms with E-state index in [0.717, 1.165) is 34.5 Å². The van der Waals surface area contributed by atoms with Gasteiger partial charge in [0.15, 0.2) is 0 Å². The molecule has 0 aliphatic carbocycles. The van der Waals surface area contributed by atoms with E-state index in [-0.39, 0.29) is 11.6 Å². The van der Waals surface area contributed by atoms with Crippen LogP contribution in [-0.4, -0.2) is 28.7 Å². The van der Waals surface area contributed by atoms with Crippen LogP contribution in [0.1, 0.15) is 49.6 Å². The maximum absolute atomic E-state index is 6.63. The zero-order valence-corrected chi connectivity index (χ0v) is 17.3. The lowest BCUT2D eigenvalue weighted by atomic mass is 9.86. The highest BCUT2D eigenvalue weighted by atomic mass is 79.9. The fourth-order valence-electron chi connectivity index (χ4n) is 4.42. The van der Waals surface area contributed by atoms with Gasteiger partial charge in [0, 0.05) is 24.8 Å². The number of rotatable bonds is 1. The van der Waals surface area contributed by atoms with Crippen molar-refractivity contribution in [2.24, 2.45) is 5.10 Å². The maximum Gasteiger partial charge on any atom is 0.203 e. The maximum atomic E-state index is 6.63. The van der Waals surface area contributed by atoms with Gasteiger partial charge in [-0.05, 0) is 48.0 Å². The first kappa shape index (κ1) is 16.8. The van der Waals surface area contributed by atoms with Crippen LogP contribution in [0, 0.1) is 0 Å². The predicted octanol–water partition coefficient (Wildman–Crippen LogP) is 5.34. The predicted molar refractivity (Wildman–Crippen MR) is 107 cm³/mol. The smallest absolute Gasteiger partial charge is 0.203 e. The molecule has 5 rings (SSSR count). The summed E-state index contributed by atoms with van der Waals surface area (Å²) >= 11 is 5.32. The molecular formula is C20H21BrN2O2S. The Bertz CT molecular complexity index is 893. The van der Waals surface area contributed by atoms with Gasteiger partial charge in [-0.2, -0.15) is 5.10 Å². The van der Waals surface area contributed by atoms with Crippen LogP contribution >= 0.6 is 27.3 Å². The summed E-state index contributed by atoms with van der Waals surface area (Å²) in [5.74, 6) is 0.996. The number of ether oxygens (including phenoxy) is 2. The van der Waals surface area contributed by atoms with Crippen molar-refractivity contribution in [3.63, 3.8) is 0 Å². The van der Waals surface area contributed by atoms with Gasteiger partial charge < -0.3 is 9.47 Å². The first-order chi connectivity index (χ1) is 12.5. The minimum Gasteiger partial charge on any atom is -0.466 e. The molecule has 3 aliphatic rings. The van der Waals surface area contributed by atoms with Gasteiger partial charge in [0.05, 0.1) is 32.6 Å². The largest absolute Gasteiger partial charge is 0.466 e.